The van der Waals surface area contributed by atoms with Crippen LogP contribution in [-0.2, 0) is 6.67 Å². The summed E-state index contributed by atoms with van der Waals surface area (Å²) in [6.07, 6.45) is -3.76. The first-order valence-corrected chi connectivity index (χ1v) is 4.62. The van der Waals surface area contributed by atoms with E-state index < -0.39 is 24.5 Å². The fourth-order valence-corrected chi connectivity index (χ4v) is 1.40. The van der Waals surface area contributed by atoms with Crippen LogP contribution in [0.25, 0.3) is 0 Å². The van der Waals surface area contributed by atoms with Crippen LogP contribution < -0.4 is 4.74 Å². The Morgan fingerprint density at radius 2 is 2.12 bits per heavy atom. The molecule has 3 nitrogen and oxygen atoms in total. The van der Waals surface area contributed by atoms with E-state index >= 15 is 0 Å². The van der Waals surface area contributed by atoms with E-state index in [0.29, 0.717) is 6.29 Å². The molecule has 0 atom stereocenters. The zero-order valence-corrected chi connectivity index (χ0v) is 9.10. The average molecular weight is 302 g/mol. The van der Waals surface area contributed by atoms with Crippen molar-refractivity contribution in [2.45, 2.75) is 13.0 Å². The Labute approximate surface area is 95.6 Å². The minimum Gasteiger partial charge on any atom is -0.387 e. The van der Waals surface area contributed by atoms with Gasteiger partial charge in [-0.15, -0.1) is 13.2 Å². The van der Waals surface area contributed by atoms with Crippen LogP contribution in [0.2, 0.25) is 0 Å². The third kappa shape index (κ3) is 2.91. The number of ether oxygens (including phenoxy) is 1. The second-order valence-electron chi connectivity index (χ2n) is 2.61. The minimum atomic E-state index is -4.96. The van der Waals surface area contributed by atoms with E-state index in [0.717, 1.165) is 6.20 Å². The topological polar surface area (TPSA) is 39.2 Å². The molecule has 16 heavy (non-hydrogen) atoms. The molecule has 0 aromatic carbocycles. The maximum atomic E-state index is 12.5. The van der Waals surface area contributed by atoms with Crippen molar-refractivity contribution >= 4 is 22.2 Å². The summed E-state index contributed by atoms with van der Waals surface area (Å²) in [5.41, 5.74) is -0.510. The summed E-state index contributed by atoms with van der Waals surface area (Å²) in [6.45, 7) is -1.24. The molecule has 0 saturated heterocycles. The molecule has 0 aliphatic carbocycles. The van der Waals surface area contributed by atoms with Crippen molar-refractivity contribution in [3.05, 3.63) is 21.8 Å². The molecule has 1 heterocycles. The molecule has 88 valence electrons. The first-order valence-electron chi connectivity index (χ1n) is 3.83. The van der Waals surface area contributed by atoms with E-state index in [4.69, 9.17) is 0 Å². The molecule has 0 radical (unpaired) electrons. The van der Waals surface area contributed by atoms with Crippen molar-refractivity contribution in [2.75, 3.05) is 0 Å². The maximum absolute atomic E-state index is 12.5. The van der Waals surface area contributed by atoms with Crippen molar-refractivity contribution in [3.8, 4) is 5.88 Å². The lowest BCUT2D eigenvalue weighted by Gasteiger charge is -2.12. The number of rotatable bonds is 3. The molecule has 0 unspecified atom stereocenters. The molecule has 0 aliphatic heterocycles. The van der Waals surface area contributed by atoms with Gasteiger partial charge in [-0.25, -0.2) is 9.37 Å². The van der Waals surface area contributed by atoms with Gasteiger partial charge in [0.2, 0.25) is 5.88 Å². The lowest BCUT2D eigenvalue weighted by atomic mass is 10.2. The van der Waals surface area contributed by atoms with Gasteiger partial charge in [0.1, 0.15) is 6.67 Å². The van der Waals surface area contributed by atoms with E-state index in [1.165, 1.54) is 0 Å². The van der Waals surface area contributed by atoms with Gasteiger partial charge >= 0.3 is 6.36 Å². The molecule has 1 aromatic rings. The Morgan fingerprint density at radius 1 is 1.50 bits per heavy atom. The highest BCUT2D eigenvalue weighted by atomic mass is 79.9. The van der Waals surface area contributed by atoms with Crippen molar-refractivity contribution in [3.63, 3.8) is 0 Å². The number of nitrogens with zero attached hydrogens (tertiary/aromatic N) is 1. The number of halogens is 5. The molecular formula is C8H4BrF4NO2. The first-order chi connectivity index (χ1) is 7.39. The van der Waals surface area contributed by atoms with Crippen molar-refractivity contribution in [2.24, 2.45) is 0 Å². The smallest absolute Gasteiger partial charge is 0.387 e. The van der Waals surface area contributed by atoms with E-state index in [9.17, 15) is 22.4 Å². The third-order valence-corrected chi connectivity index (χ3v) is 2.51. The third-order valence-electron chi connectivity index (χ3n) is 1.57. The summed E-state index contributed by atoms with van der Waals surface area (Å²) in [5, 5.41) is 0. The molecule has 1 rings (SSSR count). The Kier molecular flexibility index (Phi) is 3.84. The van der Waals surface area contributed by atoms with Crippen LogP contribution in [0.5, 0.6) is 5.88 Å². The standard InChI is InChI=1S/C8H4BrF4NO2/c9-6-4(3-15)2-14-7(5(6)1-10)16-8(11,12)13/h2-3H,1H2. The van der Waals surface area contributed by atoms with Gasteiger partial charge in [0.05, 0.1) is 5.56 Å². The second-order valence-corrected chi connectivity index (χ2v) is 3.40. The van der Waals surface area contributed by atoms with Gasteiger partial charge in [-0.1, -0.05) is 0 Å². The zero-order chi connectivity index (χ0) is 12.3. The van der Waals surface area contributed by atoms with E-state index in [1.54, 1.807) is 0 Å². The molecule has 1 aromatic heterocycles. The quantitative estimate of drug-likeness (QED) is 0.636. The summed E-state index contributed by atoms with van der Waals surface area (Å²) in [6, 6.07) is 0. The highest BCUT2D eigenvalue weighted by Crippen LogP contribution is 2.31. The number of hydrogen-bond donors (Lipinski definition) is 0. The zero-order valence-electron chi connectivity index (χ0n) is 7.52. The lowest BCUT2D eigenvalue weighted by molar-refractivity contribution is -0.276. The molecule has 0 bridgehead atoms. The molecule has 0 spiro atoms. The normalized spacial score (nSPS) is 11.3. The van der Waals surface area contributed by atoms with Gasteiger partial charge < -0.3 is 4.74 Å². The number of carbonyl (C=O) groups is 1. The van der Waals surface area contributed by atoms with Gasteiger partial charge in [0.15, 0.2) is 6.29 Å². The Hall–Kier alpha value is -1.18. The van der Waals surface area contributed by atoms with Crippen molar-refractivity contribution in [1.82, 2.24) is 4.98 Å². The van der Waals surface area contributed by atoms with Crippen molar-refractivity contribution < 1.29 is 27.1 Å². The van der Waals surface area contributed by atoms with E-state index in [2.05, 4.69) is 25.7 Å². The summed E-state index contributed by atoms with van der Waals surface area (Å²) in [5.74, 6) is -0.910. The average Bonchev–Trinajstić information content (AvgIpc) is 2.16. The number of hydrogen-bond acceptors (Lipinski definition) is 3. The summed E-state index contributed by atoms with van der Waals surface area (Å²) in [4.78, 5) is 13.7. The number of carbonyl (C=O) groups excluding carboxylic acids is 1. The Balaban J connectivity index is 3.21. The Bertz CT molecular complexity index is 408. The SMILES string of the molecule is O=Cc1cnc(OC(F)(F)F)c(CF)c1Br. The second kappa shape index (κ2) is 4.77. The fraction of sp³-hybridized carbons (Fsp3) is 0.250. The van der Waals surface area contributed by atoms with Crippen LogP contribution in [0.15, 0.2) is 10.7 Å². The van der Waals surface area contributed by atoms with Crippen LogP contribution in [0.4, 0.5) is 17.6 Å². The Morgan fingerprint density at radius 3 is 2.56 bits per heavy atom. The maximum Gasteiger partial charge on any atom is 0.574 e. The van der Waals surface area contributed by atoms with E-state index in [-0.39, 0.29) is 10.0 Å². The summed E-state index contributed by atoms with van der Waals surface area (Å²) >= 11 is 2.80. The summed E-state index contributed by atoms with van der Waals surface area (Å²) in [7, 11) is 0. The highest BCUT2D eigenvalue weighted by Gasteiger charge is 2.33. The van der Waals surface area contributed by atoms with Crippen LogP contribution in [0.3, 0.4) is 0 Å². The van der Waals surface area contributed by atoms with Crippen LogP contribution >= 0.6 is 15.9 Å². The van der Waals surface area contributed by atoms with Crippen LogP contribution in [0.1, 0.15) is 15.9 Å². The van der Waals surface area contributed by atoms with Gasteiger partial charge in [0, 0.05) is 16.2 Å². The lowest BCUT2D eigenvalue weighted by Crippen LogP contribution is -2.19. The molecule has 0 aliphatic rings. The minimum absolute atomic E-state index is 0.0535. The molecule has 0 amide bonds. The summed E-state index contributed by atoms with van der Waals surface area (Å²) < 4.78 is 51.6. The number of aromatic nitrogens is 1. The number of alkyl halides is 4. The van der Waals surface area contributed by atoms with Gasteiger partial charge in [-0.3, -0.25) is 4.79 Å². The predicted octanol–water partition coefficient (Wildman–Crippen LogP) is 3.02. The van der Waals surface area contributed by atoms with Crippen LogP contribution in [0, 0.1) is 0 Å². The predicted molar refractivity (Wildman–Crippen MR) is 48.8 cm³/mol. The molecule has 8 heteroatoms. The molecule has 0 N–H and O–H groups in total. The van der Waals surface area contributed by atoms with Crippen LogP contribution in [-0.4, -0.2) is 17.6 Å². The van der Waals surface area contributed by atoms with Crippen molar-refractivity contribution in [1.29, 1.82) is 0 Å². The molecule has 0 fully saturated rings. The fourth-order valence-electron chi connectivity index (χ4n) is 0.926. The first kappa shape index (κ1) is 12.9. The molecule has 0 saturated carbocycles. The number of pyridine rings is 1. The van der Waals surface area contributed by atoms with Gasteiger partial charge in [-0.05, 0) is 15.9 Å². The molecular weight excluding hydrogens is 298 g/mol. The largest absolute Gasteiger partial charge is 0.574 e. The number of aldehydes is 1. The van der Waals surface area contributed by atoms with E-state index in [1.807, 2.05) is 0 Å². The highest BCUT2D eigenvalue weighted by molar-refractivity contribution is 9.10. The monoisotopic (exact) mass is 301 g/mol. The van der Waals surface area contributed by atoms with Gasteiger partial charge in [0.25, 0.3) is 0 Å². The van der Waals surface area contributed by atoms with Gasteiger partial charge in [-0.2, -0.15) is 0 Å².